The summed E-state index contributed by atoms with van der Waals surface area (Å²) in [5, 5.41) is 36.6. The lowest BCUT2D eigenvalue weighted by atomic mass is 9.62. The van der Waals surface area contributed by atoms with Crippen LogP contribution in [0, 0.1) is 5.41 Å². The molecule has 3 aliphatic heterocycles. The van der Waals surface area contributed by atoms with E-state index in [2.05, 4.69) is 10.6 Å². The van der Waals surface area contributed by atoms with Crippen molar-refractivity contribution in [2.24, 2.45) is 5.41 Å². The van der Waals surface area contributed by atoms with Crippen LogP contribution in [0.15, 0.2) is 78.9 Å². The fraction of sp³-hybridized carbons (Fsp3) is 0.425. The Bertz CT molecular complexity index is 1890. The second-order valence-electron chi connectivity index (χ2n) is 14.6. The number of carbonyl (C=O) groups is 3. The Balaban J connectivity index is 1.08. The lowest BCUT2D eigenvalue weighted by molar-refractivity contribution is -0.217. The van der Waals surface area contributed by atoms with Gasteiger partial charge in [-0.15, -0.1) is 0 Å². The van der Waals surface area contributed by atoms with Gasteiger partial charge in [0.25, 0.3) is 0 Å². The number of allylic oxidation sites excluding steroid dienone is 1. The summed E-state index contributed by atoms with van der Waals surface area (Å²) in [5.74, 6) is -2.76. The molecule has 2 amide bonds. The summed E-state index contributed by atoms with van der Waals surface area (Å²) in [5.41, 5.74) is 3.19. The molecule has 3 heterocycles. The maximum Gasteiger partial charge on any atom is 0.327 e. The molecule has 1 saturated carbocycles. The van der Waals surface area contributed by atoms with Crippen molar-refractivity contribution in [1.29, 1.82) is 0 Å². The van der Waals surface area contributed by atoms with Crippen molar-refractivity contribution in [3.05, 3.63) is 107 Å². The average molecular weight is 726 g/mol. The smallest absolute Gasteiger partial charge is 0.327 e. The van der Waals surface area contributed by atoms with E-state index in [0.717, 1.165) is 27.8 Å². The van der Waals surface area contributed by atoms with Gasteiger partial charge in [-0.1, -0.05) is 78.9 Å². The zero-order chi connectivity index (χ0) is 36.9. The van der Waals surface area contributed by atoms with Gasteiger partial charge < -0.3 is 40.2 Å². The van der Waals surface area contributed by atoms with Gasteiger partial charge in [-0.05, 0) is 47.2 Å². The van der Waals surface area contributed by atoms with Gasteiger partial charge in [-0.25, -0.2) is 0 Å². The highest BCUT2D eigenvalue weighted by atomic mass is 16.8. The fourth-order valence-electron chi connectivity index (χ4n) is 8.65. The molecule has 3 saturated heterocycles. The van der Waals surface area contributed by atoms with Gasteiger partial charge in [0.2, 0.25) is 11.8 Å². The number of hydrogen-bond acceptors (Lipinski definition) is 11. The van der Waals surface area contributed by atoms with E-state index in [-0.39, 0.29) is 31.9 Å². The van der Waals surface area contributed by atoms with E-state index in [1.807, 2.05) is 72.8 Å². The maximum atomic E-state index is 14.7. The number of aliphatic hydroxyl groups is 2. The Morgan fingerprint density at radius 3 is 2.40 bits per heavy atom. The third-order valence-electron chi connectivity index (χ3n) is 11.1. The van der Waals surface area contributed by atoms with Crippen LogP contribution < -0.4 is 10.6 Å². The number of hydroxylamine groups is 2. The minimum Gasteiger partial charge on any atom is -0.508 e. The second kappa shape index (κ2) is 14.0. The van der Waals surface area contributed by atoms with Crippen molar-refractivity contribution in [2.45, 2.75) is 87.5 Å². The number of fused-ring (bicyclic) bond motifs is 5. The second-order valence-corrected chi connectivity index (χ2v) is 14.6. The standard InChI is InChI=1S/C40H43N3O10/c1-23(45)31(36(47)41-17-18-44)42-38(49)40-21-30-32-33(52-39(51-32)19-27-9-2-3-10-28(27)20-39)35(40)53-43(34(40)37(48)50-30)22-25-15-13-24(14-16-25)7-6-11-26-8-4-5-12-29(26)46/h2-10,12-16,23,30-35,44-46H,11,17-22H2,1H3,(H,41,47)(H,42,49). The van der Waals surface area contributed by atoms with Crippen LogP contribution in [-0.4, -0.2) is 99.7 Å². The summed E-state index contributed by atoms with van der Waals surface area (Å²) >= 11 is 0. The normalized spacial score (nSPS) is 29.0. The SMILES string of the molecule is CC(O)C(NC(=O)C12CC3OC(=O)C1N(Cc1ccc(C=CCc4ccccc4O)cc1)OC2C1OC2(Cc4ccccc4C2)OC31)C(=O)NCCO. The van der Waals surface area contributed by atoms with Gasteiger partial charge in [0.15, 0.2) is 11.8 Å². The largest absolute Gasteiger partial charge is 0.508 e. The monoisotopic (exact) mass is 725 g/mol. The van der Waals surface area contributed by atoms with E-state index in [1.165, 1.54) is 12.0 Å². The van der Waals surface area contributed by atoms with E-state index >= 15 is 0 Å². The van der Waals surface area contributed by atoms with Crippen LogP contribution in [0.5, 0.6) is 5.75 Å². The van der Waals surface area contributed by atoms with Crippen molar-refractivity contribution in [2.75, 3.05) is 13.2 Å². The first-order valence-electron chi connectivity index (χ1n) is 18.1. The number of esters is 1. The highest BCUT2D eigenvalue weighted by Crippen LogP contribution is 2.58. The first kappa shape index (κ1) is 35.4. The summed E-state index contributed by atoms with van der Waals surface area (Å²) in [4.78, 5) is 48.4. The number of para-hydroxylation sites is 1. The Labute approximate surface area is 306 Å². The van der Waals surface area contributed by atoms with E-state index in [9.17, 15) is 29.7 Å². The predicted octanol–water partition coefficient (Wildman–Crippen LogP) is 1.70. The van der Waals surface area contributed by atoms with Crippen LogP contribution in [0.2, 0.25) is 0 Å². The van der Waals surface area contributed by atoms with Crippen molar-refractivity contribution in [3.8, 4) is 5.75 Å². The van der Waals surface area contributed by atoms with Crippen molar-refractivity contribution >= 4 is 23.9 Å². The van der Waals surface area contributed by atoms with Gasteiger partial charge in [-0.3, -0.25) is 19.2 Å². The molecule has 5 aliphatic rings. The topological polar surface area (TPSA) is 176 Å². The molecule has 5 N–H and O–H groups in total. The summed E-state index contributed by atoms with van der Waals surface area (Å²) in [7, 11) is 0. The van der Waals surface area contributed by atoms with Gasteiger partial charge in [0, 0.05) is 25.8 Å². The molecular weight excluding hydrogens is 682 g/mol. The number of carbonyl (C=O) groups excluding carboxylic acids is 3. The van der Waals surface area contributed by atoms with E-state index in [4.69, 9.17) is 19.0 Å². The summed E-state index contributed by atoms with van der Waals surface area (Å²) in [6.45, 7) is 1.12. The molecule has 0 radical (unpaired) electrons. The number of ether oxygens (including phenoxy) is 3. The number of nitrogens with zero attached hydrogens (tertiary/aromatic N) is 1. The predicted molar refractivity (Wildman–Crippen MR) is 188 cm³/mol. The number of benzene rings is 3. The van der Waals surface area contributed by atoms with Crippen molar-refractivity contribution in [3.63, 3.8) is 0 Å². The number of amides is 2. The summed E-state index contributed by atoms with van der Waals surface area (Å²) in [6, 6.07) is 20.3. The molecule has 0 aromatic heterocycles. The van der Waals surface area contributed by atoms with E-state index in [0.29, 0.717) is 19.3 Å². The lowest BCUT2D eigenvalue weighted by Crippen LogP contribution is -2.71. The minimum absolute atomic E-state index is 0.0510. The molecule has 8 rings (SSSR count). The Hall–Kier alpha value is -4.63. The van der Waals surface area contributed by atoms with Crippen LogP contribution in [-0.2, 0) is 59.2 Å². The van der Waals surface area contributed by atoms with Crippen LogP contribution in [0.25, 0.3) is 6.08 Å². The van der Waals surface area contributed by atoms with Crippen molar-refractivity contribution < 1.29 is 48.8 Å². The number of phenols is 1. The van der Waals surface area contributed by atoms with Crippen LogP contribution in [0.3, 0.4) is 0 Å². The molecule has 4 fully saturated rings. The first-order chi connectivity index (χ1) is 25.6. The lowest BCUT2D eigenvalue weighted by Gasteiger charge is -2.49. The highest BCUT2D eigenvalue weighted by Gasteiger charge is 2.76. The third-order valence-corrected chi connectivity index (χ3v) is 11.1. The first-order valence-corrected chi connectivity index (χ1v) is 18.1. The highest BCUT2D eigenvalue weighted by molar-refractivity contribution is 5.96. The third kappa shape index (κ3) is 6.30. The molecule has 1 spiro atoms. The Kier molecular flexibility index (Phi) is 9.34. The Morgan fingerprint density at radius 1 is 1.00 bits per heavy atom. The maximum absolute atomic E-state index is 14.7. The summed E-state index contributed by atoms with van der Waals surface area (Å²) in [6.07, 6.45) is 0.908. The minimum atomic E-state index is -1.56. The number of hydrogen-bond donors (Lipinski definition) is 5. The zero-order valence-electron chi connectivity index (χ0n) is 29.2. The average Bonchev–Trinajstić information content (AvgIpc) is 3.82. The molecule has 53 heavy (non-hydrogen) atoms. The van der Waals surface area contributed by atoms with Crippen molar-refractivity contribution in [1.82, 2.24) is 15.7 Å². The Morgan fingerprint density at radius 2 is 1.70 bits per heavy atom. The summed E-state index contributed by atoms with van der Waals surface area (Å²) < 4.78 is 19.5. The molecule has 2 aliphatic carbocycles. The number of nitrogens with one attached hydrogen (secondary N) is 2. The van der Waals surface area contributed by atoms with Crippen LogP contribution in [0.1, 0.15) is 41.2 Å². The quantitative estimate of drug-likeness (QED) is 0.182. The van der Waals surface area contributed by atoms with Gasteiger partial charge in [-0.2, -0.15) is 5.06 Å². The molecular formula is C40H43N3O10. The van der Waals surface area contributed by atoms with E-state index in [1.54, 1.807) is 12.1 Å². The molecule has 13 nitrogen and oxygen atoms in total. The molecule has 8 atom stereocenters. The number of phenolic OH excluding ortho intramolecular Hbond substituents is 1. The van der Waals surface area contributed by atoms with Gasteiger partial charge in [0.05, 0.1) is 19.3 Å². The van der Waals surface area contributed by atoms with Gasteiger partial charge in [0.1, 0.15) is 41.6 Å². The number of rotatable bonds is 11. The zero-order valence-corrected chi connectivity index (χ0v) is 29.2. The van der Waals surface area contributed by atoms with Crippen LogP contribution in [0.4, 0.5) is 0 Å². The molecule has 3 aromatic carbocycles. The molecule has 13 heteroatoms. The van der Waals surface area contributed by atoms with Gasteiger partial charge >= 0.3 is 5.97 Å². The molecule has 8 unspecified atom stereocenters. The van der Waals surface area contributed by atoms with E-state index < -0.39 is 71.6 Å². The van der Waals surface area contributed by atoms with Crippen LogP contribution >= 0.6 is 0 Å². The molecule has 278 valence electrons. The number of aliphatic hydroxyl groups excluding tert-OH is 2. The molecule has 2 bridgehead atoms. The fourth-order valence-corrected chi connectivity index (χ4v) is 8.65. The number of aromatic hydroxyl groups is 1. The molecule has 3 aromatic rings.